The van der Waals surface area contributed by atoms with Gasteiger partial charge in [-0.15, -0.1) is 11.3 Å². The maximum Gasteiger partial charge on any atom is 0.273 e. The molecule has 0 aromatic carbocycles. The minimum atomic E-state index is -0.0887. The lowest BCUT2D eigenvalue weighted by atomic mass is 10.1. The van der Waals surface area contributed by atoms with E-state index in [0.717, 1.165) is 36.1 Å². The highest BCUT2D eigenvalue weighted by Gasteiger charge is 2.19. The van der Waals surface area contributed by atoms with Gasteiger partial charge in [0.05, 0.1) is 12.3 Å². The number of likely N-dealkylation sites (N-methyl/N-ethyl adjacent to an activating group) is 1. The number of carbonyl (C=O) groups is 1. The molecule has 26 heavy (non-hydrogen) atoms. The van der Waals surface area contributed by atoms with Crippen LogP contribution in [0, 0.1) is 0 Å². The predicted octanol–water partition coefficient (Wildman–Crippen LogP) is 1.87. The Kier molecular flexibility index (Phi) is 4.81. The average Bonchev–Trinajstić information content (AvgIpc) is 3.38. The molecule has 1 saturated heterocycles. The van der Waals surface area contributed by atoms with Gasteiger partial charge in [0.1, 0.15) is 17.8 Å². The van der Waals surface area contributed by atoms with E-state index in [9.17, 15) is 4.79 Å². The summed E-state index contributed by atoms with van der Waals surface area (Å²) in [5, 5.41) is 5.20. The summed E-state index contributed by atoms with van der Waals surface area (Å²) in [5.74, 6) is 1.03. The molecule has 8 nitrogen and oxygen atoms in total. The largest absolute Gasteiger partial charge is 0.381 e. The molecule has 1 aliphatic heterocycles. The molecule has 0 spiro atoms. The van der Waals surface area contributed by atoms with Crippen LogP contribution in [0.1, 0.15) is 28.5 Å². The van der Waals surface area contributed by atoms with Crippen molar-refractivity contribution in [2.45, 2.75) is 12.3 Å². The molecular weight excluding hydrogens is 352 g/mol. The van der Waals surface area contributed by atoms with Gasteiger partial charge in [0.15, 0.2) is 4.96 Å². The Morgan fingerprint density at radius 2 is 2.42 bits per heavy atom. The maximum absolute atomic E-state index is 12.5. The Hall–Kier alpha value is -2.52. The molecule has 0 aliphatic carbocycles. The lowest BCUT2D eigenvalue weighted by Crippen LogP contribution is -2.31. The Bertz CT molecular complexity index is 873. The van der Waals surface area contributed by atoms with Crippen LogP contribution in [-0.4, -0.2) is 63.5 Å². The van der Waals surface area contributed by atoms with Crippen molar-refractivity contribution >= 4 is 28.0 Å². The first-order valence-corrected chi connectivity index (χ1v) is 9.40. The molecule has 0 saturated carbocycles. The molecule has 3 aromatic heterocycles. The van der Waals surface area contributed by atoms with Gasteiger partial charge in [0, 0.05) is 56.5 Å². The molecule has 0 bridgehead atoms. The molecule has 9 heteroatoms. The SMILES string of the molecule is CN(CCNc1cc(C2CCOC2)ncn1)C(=O)c1cn2ccsc2n1. The van der Waals surface area contributed by atoms with E-state index in [-0.39, 0.29) is 5.91 Å². The zero-order valence-corrected chi connectivity index (χ0v) is 15.3. The van der Waals surface area contributed by atoms with E-state index >= 15 is 0 Å². The number of fused-ring (bicyclic) bond motifs is 1. The Morgan fingerprint density at radius 1 is 1.50 bits per heavy atom. The van der Waals surface area contributed by atoms with Crippen molar-refractivity contribution in [1.82, 2.24) is 24.3 Å². The normalized spacial score (nSPS) is 16.9. The number of carbonyl (C=O) groups excluding carboxylic acids is 1. The highest BCUT2D eigenvalue weighted by molar-refractivity contribution is 7.15. The van der Waals surface area contributed by atoms with Crippen LogP contribution in [-0.2, 0) is 4.74 Å². The molecule has 4 rings (SSSR count). The summed E-state index contributed by atoms with van der Waals surface area (Å²) in [7, 11) is 1.78. The van der Waals surface area contributed by atoms with Gasteiger partial charge in [-0.3, -0.25) is 9.20 Å². The van der Waals surface area contributed by atoms with Crippen LogP contribution in [0.15, 0.2) is 30.2 Å². The van der Waals surface area contributed by atoms with E-state index in [1.165, 1.54) is 11.3 Å². The van der Waals surface area contributed by atoms with Crippen LogP contribution in [0.3, 0.4) is 0 Å². The number of ether oxygens (including phenoxy) is 1. The van der Waals surface area contributed by atoms with Gasteiger partial charge >= 0.3 is 0 Å². The smallest absolute Gasteiger partial charge is 0.273 e. The second-order valence-electron chi connectivity index (χ2n) is 6.26. The molecule has 136 valence electrons. The average molecular weight is 372 g/mol. The van der Waals surface area contributed by atoms with Gasteiger partial charge in [-0.2, -0.15) is 0 Å². The molecule has 1 fully saturated rings. The number of thiazole rings is 1. The highest BCUT2D eigenvalue weighted by atomic mass is 32.1. The molecule has 0 radical (unpaired) electrons. The third-order valence-electron chi connectivity index (χ3n) is 4.45. The summed E-state index contributed by atoms with van der Waals surface area (Å²) >= 11 is 1.51. The number of nitrogens with zero attached hydrogens (tertiary/aromatic N) is 5. The van der Waals surface area contributed by atoms with Crippen LogP contribution < -0.4 is 5.32 Å². The van der Waals surface area contributed by atoms with Crippen LogP contribution in [0.2, 0.25) is 0 Å². The van der Waals surface area contributed by atoms with E-state index in [4.69, 9.17) is 4.74 Å². The molecule has 4 heterocycles. The Balaban J connectivity index is 1.31. The topological polar surface area (TPSA) is 84.6 Å². The number of nitrogens with one attached hydrogen (secondary N) is 1. The van der Waals surface area contributed by atoms with Gasteiger partial charge in [-0.05, 0) is 6.42 Å². The van der Waals surface area contributed by atoms with Gasteiger partial charge in [-0.1, -0.05) is 0 Å². The fourth-order valence-electron chi connectivity index (χ4n) is 2.94. The van der Waals surface area contributed by atoms with Crippen molar-refractivity contribution in [1.29, 1.82) is 0 Å². The monoisotopic (exact) mass is 372 g/mol. The van der Waals surface area contributed by atoms with Crippen molar-refractivity contribution in [2.75, 3.05) is 38.7 Å². The summed E-state index contributed by atoms with van der Waals surface area (Å²) in [4.78, 5) is 27.9. The Labute approximate surface area is 154 Å². The minimum absolute atomic E-state index is 0.0887. The lowest BCUT2D eigenvalue weighted by molar-refractivity contribution is 0.0795. The van der Waals surface area contributed by atoms with Gasteiger partial charge < -0.3 is 15.0 Å². The number of hydrogen-bond donors (Lipinski definition) is 1. The van der Waals surface area contributed by atoms with Crippen molar-refractivity contribution in [2.24, 2.45) is 0 Å². The molecule has 1 N–H and O–H groups in total. The molecular formula is C17H20N6O2S. The third kappa shape index (κ3) is 3.54. The number of imidazole rings is 1. The molecule has 1 atom stereocenters. The third-order valence-corrected chi connectivity index (χ3v) is 5.22. The number of aromatic nitrogens is 4. The summed E-state index contributed by atoms with van der Waals surface area (Å²) in [5.41, 5.74) is 1.47. The Morgan fingerprint density at radius 3 is 3.23 bits per heavy atom. The van der Waals surface area contributed by atoms with Crippen molar-refractivity contribution in [3.63, 3.8) is 0 Å². The first kappa shape index (κ1) is 16.9. The number of amides is 1. The molecule has 1 unspecified atom stereocenters. The summed E-state index contributed by atoms with van der Waals surface area (Å²) in [6.45, 7) is 2.66. The number of rotatable bonds is 6. The van der Waals surface area contributed by atoms with Crippen molar-refractivity contribution in [3.8, 4) is 0 Å². The second kappa shape index (κ2) is 7.38. The first-order valence-electron chi connectivity index (χ1n) is 8.52. The highest BCUT2D eigenvalue weighted by Crippen LogP contribution is 2.24. The summed E-state index contributed by atoms with van der Waals surface area (Å²) in [6, 6.07) is 1.96. The van der Waals surface area contributed by atoms with Crippen molar-refractivity contribution < 1.29 is 9.53 Å². The fourth-order valence-corrected chi connectivity index (χ4v) is 3.64. The van der Waals surface area contributed by atoms with E-state index in [1.807, 2.05) is 22.0 Å². The van der Waals surface area contributed by atoms with E-state index in [1.54, 1.807) is 24.5 Å². The summed E-state index contributed by atoms with van der Waals surface area (Å²) in [6.07, 6.45) is 6.23. The van der Waals surface area contributed by atoms with E-state index < -0.39 is 0 Å². The molecule has 3 aromatic rings. The standard InChI is InChI=1S/C17H20N6O2S/c1-22(16(24)14-9-23-5-7-26-17(23)21-14)4-3-18-15-8-13(19-11-20-15)12-2-6-25-10-12/h5,7-9,11-12H,2-4,6,10H2,1H3,(H,18,19,20). The van der Waals surface area contributed by atoms with Crippen molar-refractivity contribution in [3.05, 3.63) is 41.6 Å². The fraction of sp³-hybridized carbons (Fsp3) is 0.412. The molecule has 1 amide bonds. The van der Waals surface area contributed by atoms with Gasteiger partial charge in [-0.25, -0.2) is 15.0 Å². The zero-order chi connectivity index (χ0) is 17.9. The quantitative estimate of drug-likeness (QED) is 0.711. The van der Waals surface area contributed by atoms with Gasteiger partial charge in [0.25, 0.3) is 5.91 Å². The van der Waals surface area contributed by atoms with Crippen LogP contribution >= 0.6 is 11.3 Å². The summed E-state index contributed by atoms with van der Waals surface area (Å²) < 4.78 is 7.28. The zero-order valence-electron chi connectivity index (χ0n) is 14.5. The maximum atomic E-state index is 12.5. The van der Waals surface area contributed by atoms with Crippen LogP contribution in [0.25, 0.3) is 4.96 Å². The minimum Gasteiger partial charge on any atom is -0.381 e. The first-order chi connectivity index (χ1) is 12.7. The second-order valence-corrected chi connectivity index (χ2v) is 7.13. The number of hydrogen-bond acceptors (Lipinski definition) is 7. The number of anilines is 1. The predicted molar refractivity (Wildman–Crippen MR) is 98.7 cm³/mol. The molecule has 1 aliphatic rings. The van der Waals surface area contributed by atoms with Gasteiger partial charge in [0.2, 0.25) is 0 Å². The van der Waals surface area contributed by atoms with Crippen LogP contribution in [0.4, 0.5) is 5.82 Å². The van der Waals surface area contributed by atoms with E-state index in [2.05, 4.69) is 20.3 Å². The van der Waals surface area contributed by atoms with Crippen LogP contribution in [0.5, 0.6) is 0 Å². The van der Waals surface area contributed by atoms with E-state index in [0.29, 0.717) is 24.7 Å². The lowest BCUT2D eigenvalue weighted by Gasteiger charge is -2.16.